The molecule has 0 aromatic heterocycles. The van der Waals surface area contributed by atoms with Crippen molar-refractivity contribution in [1.29, 1.82) is 0 Å². The molecule has 0 saturated carbocycles. The number of hydrogen-bond acceptors (Lipinski definition) is 4. The molecule has 0 unspecified atom stereocenters. The average molecular weight is 314 g/mol. The number of amides is 1. The van der Waals surface area contributed by atoms with Crippen molar-refractivity contribution < 1.29 is 14.3 Å². The van der Waals surface area contributed by atoms with E-state index < -0.39 is 0 Å². The minimum atomic E-state index is -0.181. The van der Waals surface area contributed by atoms with Crippen LogP contribution in [0.3, 0.4) is 0 Å². The van der Waals surface area contributed by atoms with Gasteiger partial charge in [0.15, 0.2) is 0 Å². The van der Waals surface area contributed by atoms with Gasteiger partial charge in [-0.05, 0) is 55.8 Å². The molecule has 2 aromatic rings. The number of nitrogens with one attached hydrogen (secondary N) is 1. The maximum atomic E-state index is 12.3. The lowest BCUT2D eigenvalue weighted by atomic mass is 10.1. The van der Waals surface area contributed by atoms with Crippen molar-refractivity contribution in [2.45, 2.75) is 13.8 Å². The molecule has 0 aliphatic heterocycles. The molecule has 1 amide bonds. The van der Waals surface area contributed by atoms with Gasteiger partial charge in [-0.2, -0.15) is 0 Å². The Morgan fingerprint density at radius 3 is 2.57 bits per heavy atom. The van der Waals surface area contributed by atoms with Crippen LogP contribution in [0.4, 0.5) is 11.4 Å². The Morgan fingerprint density at radius 2 is 1.87 bits per heavy atom. The van der Waals surface area contributed by atoms with Gasteiger partial charge in [-0.25, -0.2) is 0 Å². The third kappa shape index (κ3) is 4.72. The Bertz CT molecular complexity index is 654. The maximum absolute atomic E-state index is 12.3. The molecule has 122 valence electrons. The molecule has 0 fully saturated rings. The summed E-state index contributed by atoms with van der Waals surface area (Å²) in [7, 11) is 0. The summed E-state index contributed by atoms with van der Waals surface area (Å²) in [6.07, 6.45) is 0. The number of carbonyl (C=O) groups excluding carboxylic acids is 1. The van der Waals surface area contributed by atoms with Crippen molar-refractivity contribution in [1.82, 2.24) is 0 Å². The normalized spacial score (nSPS) is 10.3. The second-order valence-corrected chi connectivity index (χ2v) is 5.04. The highest BCUT2D eigenvalue weighted by atomic mass is 16.5. The van der Waals surface area contributed by atoms with E-state index >= 15 is 0 Å². The summed E-state index contributed by atoms with van der Waals surface area (Å²) < 4.78 is 10.7. The molecule has 2 rings (SSSR count). The van der Waals surface area contributed by atoms with Crippen molar-refractivity contribution >= 4 is 17.3 Å². The van der Waals surface area contributed by atoms with E-state index in [0.29, 0.717) is 42.5 Å². The van der Waals surface area contributed by atoms with Crippen molar-refractivity contribution in [2.24, 2.45) is 0 Å². The van der Waals surface area contributed by atoms with E-state index in [1.54, 1.807) is 30.3 Å². The predicted molar refractivity (Wildman–Crippen MR) is 92.0 cm³/mol. The fourth-order valence-electron chi connectivity index (χ4n) is 2.05. The molecular weight excluding hydrogens is 292 g/mol. The van der Waals surface area contributed by atoms with Crippen molar-refractivity contribution in [3.8, 4) is 5.75 Å². The first kappa shape index (κ1) is 16.8. The number of anilines is 2. The monoisotopic (exact) mass is 314 g/mol. The van der Waals surface area contributed by atoms with Gasteiger partial charge in [0.2, 0.25) is 0 Å². The molecule has 0 bridgehead atoms. The molecule has 5 heteroatoms. The first-order valence-electron chi connectivity index (χ1n) is 7.59. The highest BCUT2D eigenvalue weighted by molar-refractivity contribution is 6.05. The lowest BCUT2D eigenvalue weighted by Gasteiger charge is -2.11. The lowest BCUT2D eigenvalue weighted by molar-refractivity contribution is 0.102. The molecular formula is C18H22N2O3. The van der Waals surface area contributed by atoms with Gasteiger partial charge in [0.1, 0.15) is 12.4 Å². The standard InChI is InChI=1S/C18H22N2O3/c1-3-22-11-12-23-15-9-7-14(8-10-15)18(21)20-17-6-4-5-16(19)13(17)2/h4-10H,3,11-12,19H2,1-2H3,(H,20,21). The number of benzene rings is 2. The number of nitrogen functional groups attached to an aromatic ring is 1. The Labute approximate surface area is 136 Å². The first-order chi connectivity index (χ1) is 11.1. The molecule has 0 saturated heterocycles. The zero-order chi connectivity index (χ0) is 16.7. The summed E-state index contributed by atoms with van der Waals surface area (Å²) in [5, 5.41) is 2.87. The topological polar surface area (TPSA) is 73.6 Å². The van der Waals surface area contributed by atoms with Crippen LogP contribution < -0.4 is 15.8 Å². The Balaban J connectivity index is 1.96. The van der Waals surface area contributed by atoms with Crippen LogP contribution in [-0.2, 0) is 4.74 Å². The van der Waals surface area contributed by atoms with Crippen LogP contribution in [-0.4, -0.2) is 25.7 Å². The average Bonchev–Trinajstić information content (AvgIpc) is 2.56. The smallest absolute Gasteiger partial charge is 0.255 e. The number of hydrogen-bond donors (Lipinski definition) is 2. The summed E-state index contributed by atoms with van der Waals surface area (Å²) >= 11 is 0. The van der Waals surface area contributed by atoms with Crippen LogP contribution in [0.15, 0.2) is 42.5 Å². The van der Waals surface area contributed by atoms with E-state index in [0.717, 1.165) is 5.56 Å². The molecule has 0 heterocycles. The largest absolute Gasteiger partial charge is 0.491 e. The van der Waals surface area contributed by atoms with Gasteiger partial charge in [0.05, 0.1) is 6.61 Å². The van der Waals surface area contributed by atoms with Gasteiger partial charge < -0.3 is 20.5 Å². The van der Waals surface area contributed by atoms with E-state index in [-0.39, 0.29) is 5.91 Å². The third-order valence-corrected chi connectivity index (χ3v) is 3.44. The van der Waals surface area contributed by atoms with Crippen molar-refractivity contribution in [2.75, 3.05) is 30.9 Å². The zero-order valence-electron chi connectivity index (χ0n) is 13.5. The van der Waals surface area contributed by atoms with E-state index in [1.807, 2.05) is 26.0 Å². The van der Waals surface area contributed by atoms with Gasteiger partial charge in [-0.3, -0.25) is 4.79 Å². The van der Waals surface area contributed by atoms with E-state index in [2.05, 4.69) is 5.32 Å². The second-order valence-electron chi connectivity index (χ2n) is 5.04. The minimum Gasteiger partial charge on any atom is -0.491 e. The summed E-state index contributed by atoms with van der Waals surface area (Å²) in [5.41, 5.74) is 8.63. The summed E-state index contributed by atoms with van der Waals surface area (Å²) in [6, 6.07) is 12.4. The highest BCUT2D eigenvalue weighted by Gasteiger charge is 2.09. The molecule has 5 nitrogen and oxygen atoms in total. The number of rotatable bonds is 7. The van der Waals surface area contributed by atoms with E-state index in [9.17, 15) is 4.79 Å². The molecule has 3 N–H and O–H groups in total. The van der Waals surface area contributed by atoms with Crippen molar-refractivity contribution in [3.05, 3.63) is 53.6 Å². The predicted octanol–water partition coefficient (Wildman–Crippen LogP) is 3.24. The quantitative estimate of drug-likeness (QED) is 0.608. The first-order valence-corrected chi connectivity index (χ1v) is 7.59. The molecule has 0 atom stereocenters. The maximum Gasteiger partial charge on any atom is 0.255 e. The van der Waals surface area contributed by atoms with Crippen molar-refractivity contribution in [3.63, 3.8) is 0 Å². The molecule has 2 aromatic carbocycles. The summed E-state index contributed by atoms with van der Waals surface area (Å²) in [4.78, 5) is 12.3. The fraction of sp³-hybridized carbons (Fsp3) is 0.278. The van der Waals surface area contributed by atoms with Gasteiger partial charge in [0.25, 0.3) is 5.91 Å². The van der Waals surface area contributed by atoms with Crippen LogP contribution in [0.5, 0.6) is 5.75 Å². The Hall–Kier alpha value is -2.53. The number of ether oxygens (including phenoxy) is 2. The zero-order valence-corrected chi connectivity index (χ0v) is 13.5. The van der Waals surface area contributed by atoms with Crippen LogP contribution >= 0.6 is 0 Å². The van der Waals surface area contributed by atoms with E-state index in [1.165, 1.54) is 0 Å². The summed E-state index contributed by atoms with van der Waals surface area (Å²) in [6.45, 7) is 5.52. The van der Waals surface area contributed by atoms with Crippen LogP contribution in [0, 0.1) is 6.92 Å². The molecule has 0 aliphatic carbocycles. The van der Waals surface area contributed by atoms with Crippen LogP contribution in [0.1, 0.15) is 22.8 Å². The Kier molecular flexibility index (Phi) is 6.00. The minimum absolute atomic E-state index is 0.181. The van der Waals surface area contributed by atoms with Gasteiger partial charge >= 0.3 is 0 Å². The van der Waals surface area contributed by atoms with Gasteiger partial charge in [0, 0.05) is 23.5 Å². The Morgan fingerprint density at radius 1 is 1.13 bits per heavy atom. The van der Waals surface area contributed by atoms with Gasteiger partial charge in [-0.15, -0.1) is 0 Å². The van der Waals surface area contributed by atoms with Crippen LogP contribution in [0.25, 0.3) is 0 Å². The molecule has 23 heavy (non-hydrogen) atoms. The highest BCUT2D eigenvalue weighted by Crippen LogP contribution is 2.21. The number of carbonyl (C=O) groups is 1. The van der Waals surface area contributed by atoms with Gasteiger partial charge in [-0.1, -0.05) is 6.07 Å². The fourth-order valence-corrected chi connectivity index (χ4v) is 2.05. The van der Waals surface area contributed by atoms with Crippen LogP contribution in [0.2, 0.25) is 0 Å². The SMILES string of the molecule is CCOCCOc1ccc(C(=O)Nc2cccc(N)c2C)cc1. The molecule has 0 spiro atoms. The van der Waals surface area contributed by atoms with E-state index in [4.69, 9.17) is 15.2 Å². The third-order valence-electron chi connectivity index (χ3n) is 3.44. The second kappa shape index (κ2) is 8.19. The lowest BCUT2D eigenvalue weighted by Crippen LogP contribution is -2.13. The molecule has 0 radical (unpaired) electrons. The number of nitrogens with two attached hydrogens (primary N) is 1. The molecule has 0 aliphatic rings. The summed E-state index contributed by atoms with van der Waals surface area (Å²) in [5.74, 6) is 0.529.